The molecular formula is C15H21NO5. The van der Waals surface area contributed by atoms with Crippen molar-refractivity contribution >= 4 is 11.9 Å². The van der Waals surface area contributed by atoms with E-state index in [0.717, 1.165) is 0 Å². The highest BCUT2D eigenvalue weighted by Gasteiger charge is 2.23. The van der Waals surface area contributed by atoms with Crippen LogP contribution in [-0.2, 0) is 9.53 Å². The summed E-state index contributed by atoms with van der Waals surface area (Å²) >= 11 is 0. The lowest BCUT2D eigenvalue weighted by Crippen LogP contribution is -2.44. The van der Waals surface area contributed by atoms with Crippen LogP contribution in [0.2, 0.25) is 0 Å². The number of amides is 1. The van der Waals surface area contributed by atoms with Crippen molar-refractivity contribution in [3.8, 4) is 5.75 Å². The van der Waals surface area contributed by atoms with E-state index in [1.165, 1.54) is 0 Å². The first kappa shape index (κ1) is 17.0. The first-order chi connectivity index (χ1) is 9.95. The number of methoxy groups -OCH3 is 1. The summed E-state index contributed by atoms with van der Waals surface area (Å²) in [6.45, 7) is 4.31. The number of carbonyl (C=O) groups is 2. The number of carboxylic acids is 1. The van der Waals surface area contributed by atoms with Crippen LogP contribution in [0.25, 0.3) is 0 Å². The normalized spacial score (nSPS) is 12.0. The van der Waals surface area contributed by atoms with Crippen LogP contribution in [0.15, 0.2) is 24.3 Å². The van der Waals surface area contributed by atoms with Crippen LogP contribution in [0.4, 0.5) is 0 Å². The van der Waals surface area contributed by atoms with Gasteiger partial charge in [-0.2, -0.15) is 0 Å². The zero-order valence-electron chi connectivity index (χ0n) is 12.5. The number of nitrogens with one attached hydrogen (secondary N) is 1. The Bertz CT molecular complexity index is 487. The molecule has 1 atom stereocenters. The highest BCUT2D eigenvalue weighted by Crippen LogP contribution is 2.14. The van der Waals surface area contributed by atoms with Crippen molar-refractivity contribution in [2.75, 3.05) is 20.3 Å². The van der Waals surface area contributed by atoms with Crippen LogP contribution in [0.3, 0.4) is 0 Å². The zero-order valence-corrected chi connectivity index (χ0v) is 12.5. The molecule has 0 spiro atoms. The fraction of sp³-hybridized carbons (Fsp3) is 0.467. The number of hydrogen-bond acceptors (Lipinski definition) is 4. The van der Waals surface area contributed by atoms with Crippen molar-refractivity contribution in [2.45, 2.75) is 19.9 Å². The summed E-state index contributed by atoms with van der Waals surface area (Å²) in [5.74, 6) is -1.15. The number of aliphatic carboxylic acids is 1. The highest BCUT2D eigenvalue weighted by atomic mass is 16.5. The molecule has 1 amide bonds. The molecule has 0 saturated heterocycles. The van der Waals surface area contributed by atoms with E-state index in [2.05, 4.69) is 5.32 Å². The van der Waals surface area contributed by atoms with E-state index in [0.29, 0.717) is 24.5 Å². The van der Waals surface area contributed by atoms with Gasteiger partial charge in [-0.1, -0.05) is 19.9 Å². The summed E-state index contributed by atoms with van der Waals surface area (Å²) in [7, 11) is 1.57. The molecule has 0 aliphatic carbocycles. The van der Waals surface area contributed by atoms with Crippen LogP contribution in [0.5, 0.6) is 5.75 Å². The van der Waals surface area contributed by atoms with Crippen molar-refractivity contribution in [3.63, 3.8) is 0 Å². The van der Waals surface area contributed by atoms with Crippen molar-refractivity contribution in [1.29, 1.82) is 0 Å². The Labute approximate surface area is 124 Å². The molecule has 0 aliphatic rings. The average molecular weight is 295 g/mol. The number of carbonyl (C=O) groups excluding carboxylic acids is 1. The molecule has 116 valence electrons. The predicted molar refractivity (Wildman–Crippen MR) is 77.5 cm³/mol. The van der Waals surface area contributed by atoms with E-state index < -0.39 is 17.9 Å². The molecule has 1 aromatic rings. The smallest absolute Gasteiger partial charge is 0.326 e. The number of ether oxygens (including phenoxy) is 2. The molecule has 1 rings (SSSR count). The van der Waals surface area contributed by atoms with Gasteiger partial charge < -0.3 is 19.9 Å². The minimum atomic E-state index is -1.05. The lowest BCUT2D eigenvalue weighted by atomic mass is 10.0. The quantitative estimate of drug-likeness (QED) is 0.711. The second-order valence-corrected chi connectivity index (χ2v) is 4.90. The average Bonchev–Trinajstić information content (AvgIpc) is 2.44. The summed E-state index contributed by atoms with van der Waals surface area (Å²) in [4.78, 5) is 23.2. The maximum absolute atomic E-state index is 12.1. The summed E-state index contributed by atoms with van der Waals surface area (Å²) in [6.07, 6.45) is 0. The Balaban J connectivity index is 2.73. The molecule has 0 unspecified atom stereocenters. The Kier molecular flexibility index (Phi) is 6.68. The van der Waals surface area contributed by atoms with E-state index in [-0.39, 0.29) is 5.92 Å². The first-order valence-corrected chi connectivity index (χ1v) is 6.71. The van der Waals surface area contributed by atoms with Crippen molar-refractivity contribution in [1.82, 2.24) is 5.32 Å². The van der Waals surface area contributed by atoms with E-state index in [1.807, 2.05) is 0 Å². The van der Waals surface area contributed by atoms with Gasteiger partial charge in [0.25, 0.3) is 5.91 Å². The third-order valence-electron chi connectivity index (χ3n) is 2.87. The Morgan fingerprint density at radius 3 is 2.57 bits per heavy atom. The lowest BCUT2D eigenvalue weighted by molar-refractivity contribution is -0.140. The third kappa shape index (κ3) is 5.43. The summed E-state index contributed by atoms with van der Waals surface area (Å²) < 4.78 is 10.3. The van der Waals surface area contributed by atoms with Crippen LogP contribution >= 0.6 is 0 Å². The van der Waals surface area contributed by atoms with E-state index >= 15 is 0 Å². The summed E-state index contributed by atoms with van der Waals surface area (Å²) in [5, 5.41) is 11.6. The van der Waals surface area contributed by atoms with Crippen LogP contribution in [0.1, 0.15) is 24.2 Å². The molecule has 0 saturated carbocycles. The minimum Gasteiger partial charge on any atom is -0.491 e. The summed E-state index contributed by atoms with van der Waals surface area (Å²) in [6, 6.07) is 5.67. The van der Waals surface area contributed by atoms with Gasteiger partial charge in [0.1, 0.15) is 18.4 Å². The molecule has 0 aromatic heterocycles. The second kappa shape index (κ2) is 8.26. The molecule has 2 N–H and O–H groups in total. The van der Waals surface area contributed by atoms with Gasteiger partial charge in [-0.3, -0.25) is 4.79 Å². The van der Waals surface area contributed by atoms with Gasteiger partial charge in [0.05, 0.1) is 6.61 Å². The summed E-state index contributed by atoms with van der Waals surface area (Å²) in [5.41, 5.74) is 0.358. The number of rotatable bonds is 8. The standard InChI is InChI=1S/C15H21NO5/c1-10(2)13(15(18)19)16-14(17)11-5-4-6-12(9-11)21-8-7-20-3/h4-6,9-10,13H,7-8H2,1-3H3,(H,16,17)(H,18,19)/t13-/m1/s1. The number of benzene rings is 1. The van der Waals surface area contributed by atoms with Gasteiger partial charge in [0.2, 0.25) is 0 Å². The Morgan fingerprint density at radius 2 is 2.00 bits per heavy atom. The van der Waals surface area contributed by atoms with Gasteiger partial charge in [-0.05, 0) is 24.1 Å². The Hall–Kier alpha value is -2.08. The van der Waals surface area contributed by atoms with Gasteiger partial charge >= 0.3 is 5.97 Å². The molecule has 0 fully saturated rings. The van der Waals surface area contributed by atoms with Crippen molar-refractivity contribution < 1.29 is 24.2 Å². The van der Waals surface area contributed by atoms with Crippen LogP contribution in [0, 0.1) is 5.92 Å². The fourth-order valence-corrected chi connectivity index (χ4v) is 1.71. The molecule has 1 aromatic carbocycles. The first-order valence-electron chi connectivity index (χ1n) is 6.71. The molecule has 0 radical (unpaired) electrons. The van der Waals surface area contributed by atoms with Gasteiger partial charge in [-0.15, -0.1) is 0 Å². The fourth-order valence-electron chi connectivity index (χ4n) is 1.71. The van der Waals surface area contributed by atoms with Crippen LogP contribution < -0.4 is 10.1 Å². The van der Waals surface area contributed by atoms with Crippen LogP contribution in [-0.4, -0.2) is 43.3 Å². The number of hydrogen-bond donors (Lipinski definition) is 2. The monoisotopic (exact) mass is 295 g/mol. The van der Waals surface area contributed by atoms with E-state index in [9.17, 15) is 9.59 Å². The highest BCUT2D eigenvalue weighted by molar-refractivity contribution is 5.96. The Morgan fingerprint density at radius 1 is 1.29 bits per heavy atom. The SMILES string of the molecule is COCCOc1cccc(C(=O)N[C@@H](C(=O)O)C(C)C)c1. The van der Waals surface area contributed by atoms with Crippen molar-refractivity contribution in [2.24, 2.45) is 5.92 Å². The van der Waals surface area contributed by atoms with Crippen molar-refractivity contribution in [3.05, 3.63) is 29.8 Å². The lowest BCUT2D eigenvalue weighted by Gasteiger charge is -2.18. The molecule has 6 nitrogen and oxygen atoms in total. The molecule has 0 aliphatic heterocycles. The third-order valence-corrected chi connectivity index (χ3v) is 2.87. The van der Waals surface area contributed by atoms with E-state index in [1.54, 1.807) is 45.2 Å². The maximum atomic E-state index is 12.1. The molecule has 21 heavy (non-hydrogen) atoms. The van der Waals surface area contributed by atoms with E-state index in [4.69, 9.17) is 14.6 Å². The largest absolute Gasteiger partial charge is 0.491 e. The minimum absolute atomic E-state index is 0.201. The maximum Gasteiger partial charge on any atom is 0.326 e. The molecule has 6 heteroatoms. The molecule has 0 bridgehead atoms. The molecular weight excluding hydrogens is 274 g/mol. The predicted octanol–water partition coefficient (Wildman–Crippen LogP) is 1.55. The number of carboxylic acid groups (broad SMARTS) is 1. The zero-order chi connectivity index (χ0) is 15.8. The second-order valence-electron chi connectivity index (χ2n) is 4.90. The topological polar surface area (TPSA) is 84.9 Å². The van der Waals surface area contributed by atoms with Gasteiger partial charge in [0, 0.05) is 12.7 Å². The van der Waals surface area contributed by atoms with Gasteiger partial charge in [-0.25, -0.2) is 4.79 Å². The molecule has 0 heterocycles. The van der Waals surface area contributed by atoms with Gasteiger partial charge in [0.15, 0.2) is 0 Å².